The summed E-state index contributed by atoms with van der Waals surface area (Å²) in [7, 11) is 0. The highest BCUT2D eigenvalue weighted by molar-refractivity contribution is 7.99. The first kappa shape index (κ1) is 19.7. The number of nitrogens with zero attached hydrogens (tertiary/aromatic N) is 3. The molecule has 0 radical (unpaired) electrons. The lowest BCUT2D eigenvalue weighted by atomic mass is 10.2. The van der Waals surface area contributed by atoms with Gasteiger partial charge in [0.15, 0.2) is 10.9 Å². The van der Waals surface area contributed by atoms with E-state index in [2.05, 4.69) is 15.5 Å². The number of aryl methyl sites for hydroxylation is 1. The van der Waals surface area contributed by atoms with Gasteiger partial charge >= 0.3 is 5.97 Å². The molecule has 0 saturated heterocycles. The number of ether oxygens (including phenoxy) is 1. The maximum Gasteiger partial charge on any atom is 0.325 e. The number of carbonyl (C=O) groups excluding carboxylic acids is 2. The molecule has 0 aliphatic heterocycles. The van der Waals surface area contributed by atoms with E-state index in [4.69, 9.17) is 9.15 Å². The minimum Gasteiger partial charge on any atom is -0.465 e. The lowest BCUT2D eigenvalue weighted by Gasteiger charge is -2.09. The molecule has 2 aromatic heterocycles. The summed E-state index contributed by atoms with van der Waals surface area (Å²) in [6.45, 7) is 3.84. The largest absolute Gasteiger partial charge is 0.465 e. The summed E-state index contributed by atoms with van der Waals surface area (Å²) in [6, 6.07) is 11.5. The predicted octanol–water partition coefficient (Wildman–Crippen LogP) is 2.61. The molecule has 1 N–H and O–H groups in total. The van der Waals surface area contributed by atoms with Crippen molar-refractivity contribution < 1.29 is 18.7 Å². The molecule has 0 fully saturated rings. The smallest absolute Gasteiger partial charge is 0.325 e. The van der Waals surface area contributed by atoms with Crippen molar-refractivity contribution in [2.45, 2.75) is 19.0 Å². The molecular weight excluding hydrogens is 380 g/mol. The van der Waals surface area contributed by atoms with Crippen molar-refractivity contribution in [2.75, 3.05) is 18.9 Å². The van der Waals surface area contributed by atoms with E-state index in [1.54, 1.807) is 25.3 Å². The standard InChI is InChI=1S/C19H20N4O4S/c1-3-26-17(25)11-20-16(24)12-28-19-22-21-18(15-5-4-10-27-15)23(19)14-8-6-13(2)7-9-14/h4-10H,3,11-12H2,1-2H3,(H,20,24). The van der Waals surface area contributed by atoms with Crippen LogP contribution in [0.3, 0.4) is 0 Å². The maximum atomic E-state index is 12.0. The molecule has 0 saturated carbocycles. The van der Waals surface area contributed by atoms with Crippen molar-refractivity contribution >= 4 is 23.6 Å². The average molecular weight is 400 g/mol. The second kappa shape index (κ2) is 9.23. The van der Waals surface area contributed by atoms with Crippen LogP contribution in [0.25, 0.3) is 17.3 Å². The number of hydrogen-bond acceptors (Lipinski definition) is 7. The topological polar surface area (TPSA) is 99.2 Å². The van der Waals surface area contributed by atoms with Gasteiger partial charge in [0.1, 0.15) is 6.54 Å². The Hall–Kier alpha value is -3.07. The number of benzene rings is 1. The van der Waals surface area contributed by atoms with Gasteiger partial charge in [-0.15, -0.1) is 10.2 Å². The van der Waals surface area contributed by atoms with Gasteiger partial charge in [0.25, 0.3) is 0 Å². The van der Waals surface area contributed by atoms with E-state index in [0.717, 1.165) is 11.3 Å². The van der Waals surface area contributed by atoms with Gasteiger partial charge in [-0.05, 0) is 38.1 Å². The normalized spacial score (nSPS) is 10.6. The van der Waals surface area contributed by atoms with Crippen LogP contribution in [0.15, 0.2) is 52.2 Å². The highest BCUT2D eigenvalue weighted by Crippen LogP contribution is 2.28. The average Bonchev–Trinajstić information content (AvgIpc) is 3.35. The number of esters is 1. The first-order chi connectivity index (χ1) is 13.6. The van der Waals surface area contributed by atoms with Crippen molar-refractivity contribution in [2.24, 2.45) is 0 Å². The first-order valence-electron chi connectivity index (χ1n) is 8.70. The summed E-state index contributed by atoms with van der Waals surface area (Å²) in [5.74, 6) is 0.441. The van der Waals surface area contributed by atoms with E-state index in [9.17, 15) is 9.59 Å². The van der Waals surface area contributed by atoms with Gasteiger partial charge in [-0.2, -0.15) is 0 Å². The Morgan fingerprint density at radius 1 is 1.21 bits per heavy atom. The van der Waals surface area contributed by atoms with E-state index >= 15 is 0 Å². The Labute approximate surface area is 166 Å². The van der Waals surface area contributed by atoms with Crippen LogP contribution in [-0.2, 0) is 14.3 Å². The van der Waals surface area contributed by atoms with Crippen LogP contribution in [0, 0.1) is 6.92 Å². The minimum absolute atomic E-state index is 0.0849. The van der Waals surface area contributed by atoms with Gasteiger partial charge in [-0.1, -0.05) is 29.5 Å². The molecular formula is C19H20N4O4S. The lowest BCUT2D eigenvalue weighted by molar-refractivity contribution is -0.143. The molecule has 146 valence electrons. The molecule has 0 atom stereocenters. The van der Waals surface area contributed by atoms with Crippen LogP contribution in [0.4, 0.5) is 0 Å². The number of amides is 1. The third-order valence-corrected chi connectivity index (χ3v) is 4.66. The summed E-state index contributed by atoms with van der Waals surface area (Å²) in [5, 5.41) is 11.5. The van der Waals surface area contributed by atoms with Gasteiger partial charge < -0.3 is 14.5 Å². The number of rotatable bonds is 8. The van der Waals surface area contributed by atoms with Gasteiger partial charge in [0, 0.05) is 5.69 Å². The molecule has 2 heterocycles. The van der Waals surface area contributed by atoms with Crippen LogP contribution in [0.1, 0.15) is 12.5 Å². The molecule has 0 aliphatic carbocycles. The highest BCUT2D eigenvalue weighted by atomic mass is 32.2. The summed E-state index contributed by atoms with van der Waals surface area (Å²) in [4.78, 5) is 23.4. The van der Waals surface area contributed by atoms with E-state index in [-0.39, 0.29) is 24.8 Å². The number of thioether (sulfide) groups is 1. The molecule has 3 rings (SSSR count). The minimum atomic E-state index is -0.469. The zero-order valence-corrected chi connectivity index (χ0v) is 16.4. The van der Waals surface area contributed by atoms with E-state index < -0.39 is 5.97 Å². The maximum absolute atomic E-state index is 12.0. The van der Waals surface area contributed by atoms with Crippen molar-refractivity contribution in [1.82, 2.24) is 20.1 Å². The number of carbonyl (C=O) groups is 2. The molecule has 0 spiro atoms. The fourth-order valence-corrected chi connectivity index (χ4v) is 3.20. The van der Waals surface area contributed by atoms with Crippen molar-refractivity contribution in [1.29, 1.82) is 0 Å². The highest BCUT2D eigenvalue weighted by Gasteiger charge is 2.19. The quantitative estimate of drug-likeness (QED) is 0.458. The number of aromatic nitrogens is 3. The number of hydrogen-bond donors (Lipinski definition) is 1. The molecule has 28 heavy (non-hydrogen) atoms. The van der Waals surface area contributed by atoms with Gasteiger partial charge in [-0.25, -0.2) is 0 Å². The Kier molecular flexibility index (Phi) is 6.49. The predicted molar refractivity (Wildman–Crippen MR) is 104 cm³/mol. The third-order valence-electron chi connectivity index (χ3n) is 3.73. The summed E-state index contributed by atoms with van der Waals surface area (Å²) < 4.78 is 12.1. The van der Waals surface area contributed by atoms with Crippen LogP contribution >= 0.6 is 11.8 Å². The number of furan rings is 1. The van der Waals surface area contributed by atoms with Crippen LogP contribution in [-0.4, -0.2) is 45.5 Å². The number of nitrogens with one attached hydrogen (secondary N) is 1. The molecule has 0 unspecified atom stereocenters. The lowest BCUT2D eigenvalue weighted by Crippen LogP contribution is -2.31. The van der Waals surface area contributed by atoms with Crippen molar-refractivity contribution in [3.05, 3.63) is 48.2 Å². The molecule has 0 bridgehead atoms. The zero-order chi connectivity index (χ0) is 19.9. The summed E-state index contributed by atoms with van der Waals surface area (Å²) in [5.41, 5.74) is 1.99. The Balaban J connectivity index is 1.77. The SMILES string of the molecule is CCOC(=O)CNC(=O)CSc1nnc(-c2ccco2)n1-c1ccc(C)cc1. The zero-order valence-electron chi connectivity index (χ0n) is 15.5. The molecule has 1 aromatic carbocycles. The van der Waals surface area contributed by atoms with Gasteiger partial charge in [0.2, 0.25) is 11.7 Å². The summed E-state index contributed by atoms with van der Waals surface area (Å²) in [6.07, 6.45) is 1.57. The van der Waals surface area contributed by atoms with Crippen LogP contribution in [0.5, 0.6) is 0 Å². The van der Waals surface area contributed by atoms with Crippen LogP contribution < -0.4 is 5.32 Å². The van der Waals surface area contributed by atoms with E-state index in [1.807, 2.05) is 35.8 Å². The molecule has 8 nitrogen and oxygen atoms in total. The Morgan fingerprint density at radius 2 is 2.00 bits per heavy atom. The molecule has 3 aromatic rings. The summed E-state index contributed by atoms with van der Waals surface area (Å²) >= 11 is 1.22. The fourth-order valence-electron chi connectivity index (χ4n) is 2.42. The van der Waals surface area contributed by atoms with Gasteiger partial charge in [-0.3, -0.25) is 14.2 Å². The third kappa shape index (κ3) is 4.80. The van der Waals surface area contributed by atoms with E-state index in [1.165, 1.54) is 11.8 Å². The van der Waals surface area contributed by atoms with E-state index in [0.29, 0.717) is 16.7 Å². The van der Waals surface area contributed by atoms with Crippen molar-refractivity contribution in [3.8, 4) is 17.3 Å². The van der Waals surface area contributed by atoms with Gasteiger partial charge in [0.05, 0.1) is 18.6 Å². The Morgan fingerprint density at radius 3 is 2.68 bits per heavy atom. The first-order valence-corrected chi connectivity index (χ1v) is 9.68. The fraction of sp³-hybridized carbons (Fsp3) is 0.263. The second-order valence-corrected chi connectivity index (χ2v) is 6.77. The molecule has 1 amide bonds. The monoisotopic (exact) mass is 400 g/mol. The second-order valence-electron chi connectivity index (χ2n) is 5.82. The van der Waals surface area contributed by atoms with Crippen LogP contribution in [0.2, 0.25) is 0 Å². The molecule has 9 heteroatoms. The van der Waals surface area contributed by atoms with Crippen molar-refractivity contribution in [3.63, 3.8) is 0 Å². The Bertz CT molecular complexity index is 936. The molecule has 0 aliphatic rings.